The molecule has 1 aliphatic heterocycles. The molecule has 158 valence electrons. The van der Waals surface area contributed by atoms with Crippen LogP contribution in [0.3, 0.4) is 0 Å². The van der Waals surface area contributed by atoms with Gasteiger partial charge >= 0.3 is 0 Å². The summed E-state index contributed by atoms with van der Waals surface area (Å²) in [7, 11) is 1.77. The molecule has 6 heteroatoms. The average Bonchev–Trinajstić information content (AvgIpc) is 2.73. The van der Waals surface area contributed by atoms with Gasteiger partial charge in [0.15, 0.2) is 5.96 Å². The van der Waals surface area contributed by atoms with Crippen LogP contribution in [0, 0.1) is 12.7 Å². The summed E-state index contributed by atoms with van der Waals surface area (Å²) in [6.45, 7) is 5.14. The zero-order valence-corrected chi connectivity index (χ0v) is 19.5. The van der Waals surface area contributed by atoms with Gasteiger partial charge in [0.05, 0.1) is 0 Å². The van der Waals surface area contributed by atoms with Crippen LogP contribution in [0.25, 0.3) is 0 Å². The molecule has 1 fully saturated rings. The second-order valence-corrected chi connectivity index (χ2v) is 7.40. The summed E-state index contributed by atoms with van der Waals surface area (Å²) >= 11 is 0. The fraction of sp³-hybridized carbons (Fsp3) is 0.435. The summed E-state index contributed by atoms with van der Waals surface area (Å²) in [6.07, 6.45) is 2.58. The zero-order chi connectivity index (χ0) is 19.8. The van der Waals surface area contributed by atoms with E-state index in [1.165, 1.54) is 17.2 Å². The molecule has 2 N–H and O–H groups in total. The number of nitrogens with one attached hydrogen (secondary N) is 2. The Labute approximate surface area is 190 Å². The number of hydrogen-bond acceptors (Lipinski definition) is 2. The first kappa shape index (κ1) is 23.6. The quantitative estimate of drug-likeness (QED) is 0.347. The Bertz CT molecular complexity index is 806. The highest BCUT2D eigenvalue weighted by atomic mass is 127. The van der Waals surface area contributed by atoms with Gasteiger partial charge in [-0.1, -0.05) is 42.5 Å². The van der Waals surface area contributed by atoms with E-state index in [-0.39, 0.29) is 35.2 Å². The van der Waals surface area contributed by atoms with Crippen LogP contribution in [-0.4, -0.2) is 39.3 Å². The number of aliphatic imine (C=N–C) groups is 1. The maximum atomic E-state index is 13.8. The highest BCUT2D eigenvalue weighted by molar-refractivity contribution is 14.0. The van der Waals surface area contributed by atoms with Crippen molar-refractivity contribution in [2.45, 2.75) is 31.6 Å². The van der Waals surface area contributed by atoms with Crippen LogP contribution >= 0.6 is 24.0 Å². The third-order valence-corrected chi connectivity index (χ3v) is 5.63. The predicted molar refractivity (Wildman–Crippen MR) is 128 cm³/mol. The van der Waals surface area contributed by atoms with Gasteiger partial charge < -0.3 is 15.4 Å². The van der Waals surface area contributed by atoms with Crippen molar-refractivity contribution < 1.29 is 9.13 Å². The Morgan fingerprint density at radius 3 is 2.45 bits per heavy atom. The lowest BCUT2D eigenvalue weighted by Crippen LogP contribution is -2.48. The van der Waals surface area contributed by atoms with Gasteiger partial charge in [0.2, 0.25) is 0 Å². The number of ether oxygens (including phenoxy) is 1. The maximum absolute atomic E-state index is 13.8. The van der Waals surface area contributed by atoms with Crippen LogP contribution in [0.2, 0.25) is 0 Å². The van der Waals surface area contributed by atoms with E-state index < -0.39 is 0 Å². The van der Waals surface area contributed by atoms with Gasteiger partial charge in [0, 0.05) is 38.8 Å². The number of nitrogens with zero attached hydrogens (tertiary/aromatic N) is 1. The summed E-state index contributed by atoms with van der Waals surface area (Å²) in [4.78, 5) is 4.34. The van der Waals surface area contributed by atoms with Crippen molar-refractivity contribution in [3.8, 4) is 0 Å². The monoisotopic (exact) mass is 511 g/mol. The second-order valence-electron chi connectivity index (χ2n) is 7.40. The molecule has 0 amide bonds. The predicted octanol–water partition coefficient (Wildman–Crippen LogP) is 4.21. The number of benzene rings is 2. The largest absolute Gasteiger partial charge is 0.381 e. The maximum Gasteiger partial charge on any atom is 0.191 e. The van der Waals surface area contributed by atoms with E-state index in [0.29, 0.717) is 18.5 Å². The molecule has 1 saturated heterocycles. The topological polar surface area (TPSA) is 45.7 Å². The molecule has 1 heterocycles. The van der Waals surface area contributed by atoms with Crippen molar-refractivity contribution in [2.24, 2.45) is 4.99 Å². The van der Waals surface area contributed by atoms with Crippen LogP contribution < -0.4 is 10.6 Å². The Kier molecular flexibility index (Phi) is 9.36. The normalized spacial score (nSPS) is 16.0. The van der Waals surface area contributed by atoms with E-state index in [0.717, 1.165) is 38.6 Å². The molecular weight excluding hydrogens is 480 g/mol. The smallest absolute Gasteiger partial charge is 0.191 e. The van der Waals surface area contributed by atoms with Crippen LogP contribution in [0.5, 0.6) is 0 Å². The summed E-state index contributed by atoms with van der Waals surface area (Å²) in [5.41, 5.74) is 3.44. The standard InChI is InChI=1S/C23H30FN3O.HI/c1-18-7-3-5-9-20(18)23(12-15-28-16-13-23)17-27-22(25-2)26-14-11-19-8-4-6-10-21(19)24;/h3-10H,11-17H2,1-2H3,(H2,25,26,27);1H. The molecule has 0 bridgehead atoms. The van der Waals surface area contributed by atoms with Crippen molar-refractivity contribution in [2.75, 3.05) is 33.4 Å². The minimum Gasteiger partial charge on any atom is -0.381 e. The van der Waals surface area contributed by atoms with E-state index in [1.807, 2.05) is 12.1 Å². The summed E-state index contributed by atoms with van der Waals surface area (Å²) in [6, 6.07) is 15.5. The van der Waals surface area contributed by atoms with Gasteiger partial charge in [-0.15, -0.1) is 24.0 Å². The minimum absolute atomic E-state index is 0. The number of hydrogen-bond donors (Lipinski definition) is 2. The van der Waals surface area contributed by atoms with E-state index in [4.69, 9.17) is 4.74 Å². The lowest BCUT2D eigenvalue weighted by atomic mass is 9.72. The molecule has 2 aromatic carbocycles. The van der Waals surface area contributed by atoms with Crippen molar-refractivity contribution in [1.29, 1.82) is 0 Å². The first-order valence-corrected chi connectivity index (χ1v) is 9.96. The summed E-state index contributed by atoms with van der Waals surface area (Å²) in [5.74, 6) is 0.587. The second kappa shape index (κ2) is 11.5. The molecular formula is C23H31FIN3O. The summed E-state index contributed by atoms with van der Waals surface area (Å²) in [5, 5.41) is 6.81. The Morgan fingerprint density at radius 1 is 1.07 bits per heavy atom. The lowest BCUT2D eigenvalue weighted by molar-refractivity contribution is 0.0512. The van der Waals surface area contributed by atoms with Crippen LogP contribution in [0.15, 0.2) is 53.5 Å². The van der Waals surface area contributed by atoms with Crippen LogP contribution in [0.1, 0.15) is 29.5 Å². The van der Waals surface area contributed by atoms with E-state index in [2.05, 4.69) is 46.8 Å². The molecule has 29 heavy (non-hydrogen) atoms. The third kappa shape index (κ3) is 6.15. The molecule has 0 spiro atoms. The van der Waals surface area contributed by atoms with Crippen molar-refractivity contribution in [1.82, 2.24) is 10.6 Å². The van der Waals surface area contributed by atoms with Crippen molar-refractivity contribution in [3.05, 3.63) is 71.0 Å². The number of aryl methyl sites for hydroxylation is 1. The van der Waals surface area contributed by atoms with Gasteiger partial charge in [-0.2, -0.15) is 0 Å². The SMILES string of the molecule is CN=C(NCCc1ccccc1F)NCC1(c2ccccc2C)CCOCC1.I. The fourth-order valence-corrected chi connectivity index (χ4v) is 3.96. The van der Waals surface area contributed by atoms with Crippen molar-refractivity contribution >= 4 is 29.9 Å². The van der Waals surface area contributed by atoms with Gasteiger partial charge in [-0.3, -0.25) is 4.99 Å². The van der Waals surface area contributed by atoms with Crippen molar-refractivity contribution in [3.63, 3.8) is 0 Å². The molecule has 0 unspecified atom stereocenters. The highest BCUT2D eigenvalue weighted by Crippen LogP contribution is 2.36. The highest BCUT2D eigenvalue weighted by Gasteiger charge is 2.35. The lowest BCUT2D eigenvalue weighted by Gasteiger charge is -2.39. The van der Waals surface area contributed by atoms with Gasteiger partial charge in [0.1, 0.15) is 5.82 Å². The fourth-order valence-electron chi connectivity index (χ4n) is 3.96. The first-order chi connectivity index (χ1) is 13.6. The van der Waals surface area contributed by atoms with E-state index >= 15 is 0 Å². The molecule has 0 radical (unpaired) electrons. The Morgan fingerprint density at radius 2 is 1.76 bits per heavy atom. The van der Waals surface area contributed by atoms with E-state index in [9.17, 15) is 4.39 Å². The van der Waals surface area contributed by atoms with Crippen LogP contribution in [0.4, 0.5) is 4.39 Å². The minimum atomic E-state index is -0.159. The number of halogens is 2. The molecule has 0 atom stereocenters. The molecule has 3 rings (SSSR count). The molecule has 0 aromatic heterocycles. The molecule has 0 saturated carbocycles. The summed E-state index contributed by atoms with van der Waals surface area (Å²) < 4.78 is 19.4. The van der Waals surface area contributed by atoms with Crippen LogP contribution in [-0.2, 0) is 16.6 Å². The van der Waals surface area contributed by atoms with Gasteiger partial charge in [-0.25, -0.2) is 4.39 Å². The Balaban J connectivity index is 0.00000300. The zero-order valence-electron chi connectivity index (χ0n) is 17.2. The van der Waals surface area contributed by atoms with E-state index in [1.54, 1.807) is 13.1 Å². The number of rotatable bonds is 6. The van der Waals surface area contributed by atoms with Gasteiger partial charge in [-0.05, 0) is 48.9 Å². The molecule has 4 nitrogen and oxygen atoms in total. The average molecular weight is 511 g/mol. The molecule has 0 aliphatic carbocycles. The third-order valence-electron chi connectivity index (χ3n) is 5.63. The van der Waals surface area contributed by atoms with Gasteiger partial charge in [0.25, 0.3) is 0 Å². The first-order valence-electron chi connectivity index (χ1n) is 9.96. The molecule has 1 aliphatic rings. The molecule has 2 aromatic rings. The Hall–Kier alpha value is -1.67. The number of guanidine groups is 1.